The van der Waals surface area contributed by atoms with E-state index in [0.717, 1.165) is 12.2 Å². The second kappa shape index (κ2) is 4.55. The van der Waals surface area contributed by atoms with Crippen molar-refractivity contribution in [2.75, 3.05) is 11.5 Å². The van der Waals surface area contributed by atoms with E-state index in [1.54, 1.807) is 0 Å². The predicted molar refractivity (Wildman–Crippen MR) is 80.1 cm³/mol. The lowest BCUT2D eigenvalue weighted by molar-refractivity contribution is -0.119. The van der Waals surface area contributed by atoms with Gasteiger partial charge in [-0.05, 0) is 23.2 Å². The molecule has 2 aliphatic rings. The van der Waals surface area contributed by atoms with Crippen molar-refractivity contribution in [2.24, 2.45) is 10.8 Å². The third-order valence-corrected chi connectivity index (χ3v) is 6.04. The number of nitrogens with one attached hydrogen (secondary N) is 1. The minimum absolute atomic E-state index is 0.102. The zero-order chi connectivity index (χ0) is 13.5. The highest BCUT2D eigenvalue weighted by Crippen LogP contribution is 2.54. The zero-order valence-corrected chi connectivity index (χ0v) is 12.4. The van der Waals surface area contributed by atoms with Gasteiger partial charge in [0, 0.05) is 17.6 Å². The van der Waals surface area contributed by atoms with Crippen molar-refractivity contribution < 1.29 is 4.79 Å². The van der Waals surface area contributed by atoms with Crippen LogP contribution in [0.15, 0.2) is 30.3 Å². The average molecular weight is 275 g/mol. The van der Waals surface area contributed by atoms with Crippen molar-refractivity contribution in [3.63, 3.8) is 0 Å². The molecule has 19 heavy (non-hydrogen) atoms. The third kappa shape index (κ3) is 2.40. The van der Waals surface area contributed by atoms with Crippen molar-refractivity contribution in [1.29, 1.82) is 0 Å². The lowest BCUT2D eigenvalue weighted by Gasteiger charge is -2.45. The molecule has 2 atom stereocenters. The van der Waals surface area contributed by atoms with E-state index in [4.69, 9.17) is 0 Å². The first-order valence-electron chi connectivity index (χ1n) is 6.93. The fourth-order valence-electron chi connectivity index (χ4n) is 3.75. The number of thioether (sulfide) groups is 1. The molecule has 1 N–H and O–H groups in total. The summed E-state index contributed by atoms with van der Waals surface area (Å²) >= 11 is 2.01. The molecule has 2 heterocycles. The lowest BCUT2D eigenvalue weighted by atomic mass is 9.68. The van der Waals surface area contributed by atoms with Crippen LogP contribution in [0.2, 0.25) is 0 Å². The van der Waals surface area contributed by atoms with E-state index in [1.165, 1.54) is 11.3 Å². The number of rotatable bonds is 1. The Hall–Kier alpha value is -0.960. The normalized spacial score (nSPS) is 33.4. The number of amides is 1. The number of hydrogen-bond donors (Lipinski definition) is 1. The van der Waals surface area contributed by atoms with Gasteiger partial charge in [0.2, 0.25) is 5.91 Å². The minimum Gasteiger partial charge on any atom is -0.349 e. The molecular weight excluding hydrogens is 254 g/mol. The second-order valence-electron chi connectivity index (χ2n) is 6.78. The standard InChI is InChI=1S/C16H21NOS/c1-15(2)9-16(11-19-10-15)8-13(18)17-14(16)12-6-4-3-5-7-12/h3-7,14H,8-11H2,1-2H3,(H,17,18). The summed E-state index contributed by atoms with van der Waals surface area (Å²) in [6.45, 7) is 4.65. The Bertz CT molecular complexity index is 485. The highest BCUT2D eigenvalue weighted by molar-refractivity contribution is 7.99. The molecule has 1 aromatic carbocycles. The molecule has 3 heteroatoms. The van der Waals surface area contributed by atoms with E-state index in [2.05, 4.69) is 43.4 Å². The molecule has 1 amide bonds. The second-order valence-corrected chi connectivity index (χ2v) is 7.77. The third-order valence-electron chi connectivity index (χ3n) is 4.28. The summed E-state index contributed by atoms with van der Waals surface area (Å²) in [4.78, 5) is 12.0. The van der Waals surface area contributed by atoms with Crippen molar-refractivity contribution in [1.82, 2.24) is 5.32 Å². The molecule has 0 bridgehead atoms. The van der Waals surface area contributed by atoms with Crippen LogP contribution in [0.5, 0.6) is 0 Å². The van der Waals surface area contributed by atoms with Crippen LogP contribution in [0.1, 0.15) is 38.3 Å². The summed E-state index contributed by atoms with van der Waals surface area (Å²) in [5.41, 5.74) is 1.68. The van der Waals surface area contributed by atoms with Crippen LogP contribution < -0.4 is 5.32 Å². The minimum atomic E-state index is 0.102. The number of carbonyl (C=O) groups is 1. The van der Waals surface area contributed by atoms with E-state index in [0.29, 0.717) is 11.8 Å². The molecule has 2 saturated heterocycles. The van der Waals surface area contributed by atoms with E-state index >= 15 is 0 Å². The Balaban J connectivity index is 1.96. The van der Waals surface area contributed by atoms with Gasteiger partial charge in [-0.25, -0.2) is 0 Å². The van der Waals surface area contributed by atoms with Crippen LogP contribution >= 0.6 is 11.8 Å². The Morgan fingerprint density at radius 1 is 1.21 bits per heavy atom. The van der Waals surface area contributed by atoms with Crippen LogP contribution in [0.25, 0.3) is 0 Å². The topological polar surface area (TPSA) is 29.1 Å². The van der Waals surface area contributed by atoms with E-state index in [-0.39, 0.29) is 17.4 Å². The van der Waals surface area contributed by atoms with Crippen molar-refractivity contribution >= 4 is 17.7 Å². The first kappa shape index (κ1) is 13.0. The molecule has 2 aliphatic heterocycles. The summed E-state index contributed by atoms with van der Waals surface area (Å²) < 4.78 is 0. The molecule has 0 radical (unpaired) electrons. The number of hydrogen-bond acceptors (Lipinski definition) is 2. The Labute approximate surface area is 119 Å². The van der Waals surface area contributed by atoms with Crippen LogP contribution in [0.4, 0.5) is 0 Å². The maximum atomic E-state index is 12.0. The summed E-state index contributed by atoms with van der Waals surface area (Å²) in [6.07, 6.45) is 1.81. The smallest absolute Gasteiger partial charge is 0.221 e. The van der Waals surface area contributed by atoms with Gasteiger partial charge in [0.1, 0.15) is 0 Å². The molecule has 1 aromatic rings. The van der Waals surface area contributed by atoms with Crippen molar-refractivity contribution in [3.05, 3.63) is 35.9 Å². The maximum Gasteiger partial charge on any atom is 0.221 e. The van der Waals surface area contributed by atoms with Gasteiger partial charge in [0.05, 0.1) is 6.04 Å². The number of benzene rings is 1. The van der Waals surface area contributed by atoms with E-state index < -0.39 is 0 Å². The summed E-state index contributed by atoms with van der Waals surface area (Å²) in [7, 11) is 0. The van der Waals surface area contributed by atoms with Gasteiger partial charge < -0.3 is 5.32 Å². The van der Waals surface area contributed by atoms with Gasteiger partial charge in [0.25, 0.3) is 0 Å². The molecule has 102 valence electrons. The molecule has 0 aliphatic carbocycles. The van der Waals surface area contributed by atoms with Crippen LogP contribution in [-0.2, 0) is 4.79 Å². The van der Waals surface area contributed by atoms with Gasteiger partial charge in [0.15, 0.2) is 0 Å². The van der Waals surface area contributed by atoms with Crippen LogP contribution in [-0.4, -0.2) is 17.4 Å². The Kier molecular flexibility index (Phi) is 3.12. The Morgan fingerprint density at radius 2 is 1.95 bits per heavy atom. The van der Waals surface area contributed by atoms with Crippen molar-refractivity contribution in [2.45, 2.75) is 32.7 Å². The quantitative estimate of drug-likeness (QED) is 0.851. The predicted octanol–water partition coefficient (Wildman–Crippen LogP) is 3.40. The zero-order valence-electron chi connectivity index (χ0n) is 11.6. The lowest BCUT2D eigenvalue weighted by Crippen LogP contribution is -2.40. The molecular formula is C16H21NOS. The average Bonchev–Trinajstić information content (AvgIpc) is 2.65. The fraction of sp³-hybridized carbons (Fsp3) is 0.562. The van der Waals surface area contributed by atoms with Gasteiger partial charge >= 0.3 is 0 Å². The molecule has 2 unspecified atom stereocenters. The molecule has 1 spiro atoms. The largest absolute Gasteiger partial charge is 0.349 e. The van der Waals surface area contributed by atoms with Gasteiger partial charge in [-0.1, -0.05) is 44.2 Å². The van der Waals surface area contributed by atoms with Crippen molar-refractivity contribution in [3.8, 4) is 0 Å². The summed E-state index contributed by atoms with van der Waals surface area (Å²) in [6, 6.07) is 10.6. The summed E-state index contributed by atoms with van der Waals surface area (Å²) in [5, 5.41) is 3.22. The Morgan fingerprint density at radius 3 is 2.63 bits per heavy atom. The highest BCUT2D eigenvalue weighted by atomic mass is 32.2. The highest BCUT2D eigenvalue weighted by Gasteiger charge is 2.51. The molecule has 2 nitrogen and oxygen atoms in total. The first-order valence-corrected chi connectivity index (χ1v) is 8.08. The summed E-state index contributed by atoms with van der Waals surface area (Å²) in [5.74, 6) is 2.51. The molecule has 2 fully saturated rings. The van der Waals surface area contributed by atoms with E-state index in [9.17, 15) is 4.79 Å². The van der Waals surface area contributed by atoms with Gasteiger partial charge in [-0.3, -0.25) is 4.79 Å². The van der Waals surface area contributed by atoms with Gasteiger partial charge in [-0.2, -0.15) is 11.8 Å². The number of carbonyl (C=O) groups excluding carboxylic acids is 1. The maximum absolute atomic E-state index is 12.0. The molecule has 3 rings (SSSR count). The fourth-order valence-corrected chi connectivity index (χ4v) is 5.29. The SMILES string of the molecule is CC1(C)CSCC2(CC(=O)NC2c2ccccc2)C1. The first-order chi connectivity index (χ1) is 9.01. The molecule has 0 aromatic heterocycles. The van der Waals surface area contributed by atoms with E-state index in [1.807, 2.05) is 17.8 Å². The van der Waals surface area contributed by atoms with Gasteiger partial charge in [-0.15, -0.1) is 0 Å². The molecule has 0 saturated carbocycles. The monoisotopic (exact) mass is 275 g/mol. The van der Waals surface area contributed by atoms with Crippen LogP contribution in [0.3, 0.4) is 0 Å². The van der Waals surface area contributed by atoms with Crippen LogP contribution in [0, 0.1) is 10.8 Å².